The summed E-state index contributed by atoms with van der Waals surface area (Å²) in [5.74, 6) is 2.50. The third-order valence-corrected chi connectivity index (χ3v) is 3.48. The molecular weight excluding hydrogens is 316 g/mol. The van der Waals surface area contributed by atoms with Crippen LogP contribution in [0, 0.1) is 0 Å². The predicted octanol–water partition coefficient (Wildman–Crippen LogP) is 3.90. The van der Waals surface area contributed by atoms with E-state index in [-0.39, 0.29) is 6.61 Å². The Bertz CT molecular complexity index is 772. The van der Waals surface area contributed by atoms with Crippen molar-refractivity contribution in [3.8, 4) is 11.5 Å². The first-order valence-corrected chi connectivity index (χ1v) is 7.44. The van der Waals surface area contributed by atoms with Gasteiger partial charge in [0.05, 0.1) is 7.11 Å². The highest BCUT2D eigenvalue weighted by Gasteiger charge is 2.10. The Hall–Kier alpha value is -2.53. The molecule has 0 amide bonds. The van der Waals surface area contributed by atoms with Crippen LogP contribution in [0.3, 0.4) is 0 Å². The van der Waals surface area contributed by atoms with Gasteiger partial charge in [0.25, 0.3) is 5.89 Å². The van der Waals surface area contributed by atoms with Crippen LogP contribution < -0.4 is 9.47 Å². The summed E-state index contributed by atoms with van der Waals surface area (Å²) >= 11 is 5.83. The lowest BCUT2D eigenvalue weighted by Gasteiger charge is -2.05. The Balaban J connectivity index is 1.62. The van der Waals surface area contributed by atoms with Crippen LogP contribution in [0.25, 0.3) is 0 Å². The Labute approximate surface area is 138 Å². The molecule has 5 nitrogen and oxygen atoms in total. The van der Waals surface area contributed by atoms with Crippen molar-refractivity contribution in [2.75, 3.05) is 7.11 Å². The minimum atomic E-state index is 0.209. The number of rotatable bonds is 6. The van der Waals surface area contributed by atoms with Gasteiger partial charge in [-0.3, -0.25) is 0 Å². The molecule has 0 spiro atoms. The fraction of sp³-hybridized carbons (Fsp3) is 0.176. The van der Waals surface area contributed by atoms with Crippen LogP contribution in [0.1, 0.15) is 17.3 Å². The summed E-state index contributed by atoms with van der Waals surface area (Å²) in [5.41, 5.74) is 1.00. The zero-order chi connectivity index (χ0) is 16.1. The standard InChI is InChI=1S/C17H15ClN2O3/c1-21-15-5-3-2-4-12(15)10-16-19-17(23-20-16)11-22-14-8-6-13(18)7-9-14/h2-9H,10-11H2,1H3. The largest absolute Gasteiger partial charge is 0.496 e. The second-order valence-corrected chi connectivity index (χ2v) is 5.27. The van der Waals surface area contributed by atoms with Crippen molar-refractivity contribution < 1.29 is 14.0 Å². The van der Waals surface area contributed by atoms with Gasteiger partial charge in [-0.15, -0.1) is 0 Å². The summed E-state index contributed by atoms with van der Waals surface area (Å²) < 4.78 is 16.1. The van der Waals surface area contributed by atoms with Crippen LogP contribution in [0.15, 0.2) is 53.1 Å². The van der Waals surface area contributed by atoms with Crippen LogP contribution in [-0.4, -0.2) is 17.3 Å². The lowest BCUT2D eigenvalue weighted by Crippen LogP contribution is -1.97. The molecule has 0 aliphatic rings. The molecule has 3 rings (SSSR count). The molecular formula is C17H15ClN2O3. The molecule has 0 unspecified atom stereocenters. The highest BCUT2D eigenvalue weighted by atomic mass is 35.5. The molecule has 0 bridgehead atoms. The average molecular weight is 331 g/mol. The smallest absolute Gasteiger partial charge is 0.264 e. The van der Waals surface area contributed by atoms with Crippen molar-refractivity contribution in [2.45, 2.75) is 13.0 Å². The van der Waals surface area contributed by atoms with Gasteiger partial charge in [-0.05, 0) is 30.3 Å². The van der Waals surface area contributed by atoms with E-state index in [1.807, 2.05) is 24.3 Å². The van der Waals surface area contributed by atoms with E-state index in [0.717, 1.165) is 11.3 Å². The number of hydrogen-bond donors (Lipinski definition) is 0. The van der Waals surface area contributed by atoms with Gasteiger partial charge in [0.1, 0.15) is 11.5 Å². The molecule has 0 aliphatic heterocycles. The normalized spacial score (nSPS) is 10.5. The van der Waals surface area contributed by atoms with Crippen molar-refractivity contribution in [3.63, 3.8) is 0 Å². The molecule has 1 heterocycles. The number of hydrogen-bond acceptors (Lipinski definition) is 5. The third kappa shape index (κ3) is 4.02. The van der Waals surface area contributed by atoms with Gasteiger partial charge in [-0.1, -0.05) is 35.0 Å². The van der Waals surface area contributed by atoms with Gasteiger partial charge in [-0.25, -0.2) is 0 Å². The van der Waals surface area contributed by atoms with E-state index in [1.54, 1.807) is 31.4 Å². The lowest BCUT2D eigenvalue weighted by atomic mass is 10.1. The zero-order valence-corrected chi connectivity index (χ0v) is 13.3. The van der Waals surface area contributed by atoms with E-state index in [0.29, 0.717) is 28.9 Å². The number of aromatic nitrogens is 2. The summed E-state index contributed by atoms with van der Waals surface area (Å²) in [6.07, 6.45) is 0.536. The highest BCUT2D eigenvalue weighted by molar-refractivity contribution is 6.30. The van der Waals surface area contributed by atoms with Gasteiger partial charge in [0.15, 0.2) is 12.4 Å². The summed E-state index contributed by atoms with van der Waals surface area (Å²) in [6.45, 7) is 0.209. The molecule has 0 saturated heterocycles. The van der Waals surface area contributed by atoms with Crippen LogP contribution in [-0.2, 0) is 13.0 Å². The molecule has 2 aromatic carbocycles. The second-order valence-electron chi connectivity index (χ2n) is 4.84. The monoisotopic (exact) mass is 330 g/mol. The number of nitrogens with zero attached hydrogens (tertiary/aromatic N) is 2. The van der Waals surface area contributed by atoms with Crippen LogP contribution in [0.2, 0.25) is 5.02 Å². The van der Waals surface area contributed by atoms with Crippen molar-refractivity contribution in [2.24, 2.45) is 0 Å². The van der Waals surface area contributed by atoms with Gasteiger partial charge in [0, 0.05) is 17.0 Å². The van der Waals surface area contributed by atoms with E-state index in [2.05, 4.69) is 10.1 Å². The minimum Gasteiger partial charge on any atom is -0.496 e. The number of ether oxygens (including phenoxy) is 2. The zero-order valence-electron chi connectivity index (χ0n) is 12.5. The van der Waals surface area contributed by atoms with Gasteiger partial charge in [-0.2, -0.15) is 4.98 Å². The maximum Gasteiger partial charge on any atom is 0.264 e. The van der Waals surface area contributed by atoms with Gasteiger partial charge >= 0.3 is 0 Å². The third-order valence-electron chi connectivity index (χ3n) is 3.23. The first kappa shape index (κ1) is 15.4. The lowest BCUT2D eigenvalue weighted by molar-refractivity contribution is 0.242. The van der Waals surface area contributed by atoms with Crippen molar-refractivity contribution in [3.05, 3.63) is 70.8 Å². The maximum absolute atomic E-state index is 5.83. The number of benzene rings is 2. The second kappa shape index (κ2) is 7.15. The Morgan fingerprint density at radius 3 is 2.65 bits per heavy atom. The molecule has 3 aromatic rings. The molecule has 0 fully saturated rings. The van der Waals surface area contributed by atoms with E-state index in [1.165, 1.54) is 0 Å². The molecule has 0 N–H and O–H groups in total. The average Bonchev–Trinajstić information content (AvgIpc) is 3.02. The first-order chi connectivity index (χ1) is 11.2. The van der Waals surface area contributed by atoms with Crippen molar-refractivity contribution >= 4 is 11.6 Å². The van der Waals surface area contributed by atoms with E-state index in [4.69, 9.17) is 25.6 Å². The van der Waals surface area contributed by atoms with Crippen LogP contribution in [0.5, 0.6) is 11.5 Å². The van der Waals surface area contributed by atoms with Crippen LogP contribution >= 0.6 is 11.6 Å². The molecule has 118 valence electrons. The summed E-state index contributed by atoms with van der Waals surface area (Å²) in [7, 11) is 1.64. The Morgan fingerprint density at radius 2 is 1.87 bits per heavy atom. The van der Waals surface area contributed by atoms with E-state index < -0.39 is 0 Å². The summed E-state index contributed by atoms with van der Waals surface area (Å²) in [5, 5.41) is 4.63. The molecule has 0 radical (unpaired) electrons. The SMILES string of the molecule is COc1ccccc1Cc1noc(COc2ccc(Cl)cc2)n1. The fourth-order valence-corrected chi connectivity index (χ4v) is 2.24. The first-order valence-electron chi connectivity index (χ1n) is 7.06. The number of methoxy groups -OCH3 is 1. The fourth-order valence-electron chi connectivity index (χ4n) is 2.12. The summed E-state index contributed by atoms with van der Waals surface area (Å²) in [4.78, 5) is 4.33. The molecule has 0 aliphatic carbocycles. The molecule has 1 aromatic heterocycles. The molecule has 6 heteroatoms. The van der Waals surface area contributed by atoms with E-state index in [9.17, 15) is 0 Å². The maximum atomic E-state index is 5.83. The molecule has 23 heavy (non-hydrogen) atoms. The molecule has 0 saturated carbocycles. The van der Waals surface area contributed by atoms with E-state index >= 15 is 0 Å². The molecule has 0 atom stereocenters. The number of para-hydroxylation sites is 1. The predicted molar refractivity (Wildman–Crippen MR) is 85.9 cm³/mol. The topological polar surface area (TPSA) is 57.4 Å². The highest BCUT2D eigenvalue weighted by Crippen LogP contribution is 2.20. The van der Waals surface area contributed by atoms with Gasteiger partial charge < -0.3 is 14.0 Å². The Morgan fingerprint density at radius 1 is 1.09 bits per heavy atom. The minimum absolute atomic E-state index is 0.209. The quantitative estimate of drug-likeness (QED) is 0.686. The van der Waals surface area contributed by atoms with Crippen molar-refractivity contribution in [1.82, 2.24) is 10.1 Å². The van der Waals surface area contributed by atoms with Crippen molar-refractivity contribution in [1.29, 1.82) is 0 Å². The van der Waals surface area contributed by atoms with Gasteiger partial charge in [0.2, 0.25) is 0 Å². The Kier molecular flexibility index (Phi) is 4.78. The van der Waals surface area contributed by atoms with Crippen LogP contribution in [0.4, 0.5) is 0 Å². The summed E-state index contributed by atoms with van der Waals surface area (Å²) in [6, 6.07) is 14.8. The number of halogens is 1.